The van der Waals surface area contributed by atoms with Gasteiger partial charge in [0.1, 0.15) is 0 Å². The van der Waals surface area contributed by atoms with Crippen LogP contribution in [-0.2, 0) is 13.0 Å². The predicted octanol–water partition coefficient (Wildman–Crippen LogP) is 10.3. The molecule has 4 aromatic carbocycles. The molecule has 0 saturated heterocycles. The first-order chi connectivity index (χ1) is 24.1. The average Bonchev–Trinajstić information content (AvgIpc) is 3.62. The molecule has 6 aromatic rings. The minimum absolute atomic E-state index is 0.161. The topological polar surface area (TPSA) is 81.2 Å². The molecule has 5 nitrogen and oxygen atoms in total. The minimum Gasteiger partial charge on any atom is -0.340 e. The zero-order valence-corrected chi connectivity index (χ0v) is 27.2. The number of allylic oxidation sites excluding steroid dienone is 9. The molecule has 0 N–H and O–H groups in total. The summed E-state index contributed by atoms with van der Waals surface area (Å²) in [6.45, 7) is 2.61. The fourth-order valence-electron chi connectivity index (χ4n) is 7.09. The first kappa shape index (κ1) is 31.0. The Morgan fingerprint density at radius 1 is 0.857 bits per heavy atom. The summed E-state index contributed by atoms with van der Waals surface area (Å²) < 4.78 is 4.58. The average molecular weight is 632 g/mol. The van der Waals surface area contributed by atoms with Crippen LogP contribution in [0.15, 0.2) is 139 Å². The summed E-state index contributed by atoms with van der Waals surface area (Å²) >= 11 is 0. The van der Waals surface area contributed by atoms with Crippen molar-refractivity contribution in [2.24, 2.45) is 0 Å². The first-order valence-electron chi connectivity index (χ1n) is 16.4. The van der Waals surface area contributed by atoms with Gasteiger partial charge in [-0.15, -0.1) is 0 Å². The standard InChI is InChI=1S/C44H33N5/c1-31-37(16-9-26-45)39-14-4-6-17-42(39)48(31)27-25-32(29-46)10-8-12-34-11-2-3-13-38(34)35-20-22-36(23-21-35)49-43-18-7-5-15-40(43)41-28-33(30-47)19-24-44(41)49/h2-11,13-22,24-25,28,36H,12,23,27H2,1H3/b10-8-,16-9+,32-25+. The molecule has 0 radical (unpaired) electrons. The molecule has 0 saturated carbocycles. The van der Waals surface area contributed by atoms with E-state index in [2.05, 4.69) is 125 Å². The van der Waals surface area contributed by atoms with Gasteiger partial charge in [0.25, 0.3) is 0 Å². The van der Waals surface area contributed by atoms with Crippen LogP contribution in [0.3, 0.4) is 0 Å². The van der Waals surface area contributed by atoms with Crippen LogP contribution in [0.25, 0.3) is 44.4 Å². The van der Waals surface area contributed by atoms with Gasteiger partial charge >= 0.3 is 0 Å². The predicted molar refractivity (Wildman–Crippen MR) is 199 cm³/mol. The van der Waals surface area contributed by atoms with Crippen LogP contribution >= 0.6 is 0 Å². The Balaban J connectivity index is 1.10. The van der Waals surface area contributed by atoms with Crippen LogP contribution in [0, 0.1) is 40.9 Å². The zero-order valence-electron chi connectivity index (χ0n) is 27.2. The fourth-order valence-corrected chi connectivity index (χ4v) is 7.09. The van der Waals surface area contributed by atoms with Gasteiger partial charge in [-0.3, -0.25) is 0 Å². The van der Waals surface area contributed by atoms with Crippen LogP contribution < -0.4 is 0 Å². The van der Waals surface area contributed by atoms with Crippen LogP contribution in [0.4, 0.5) is 0 Å². The van der Waals surface area contributed by atoms with E-state index >= 15 is 0 Å². The number of nitrogens with zero attached hydrogens (tertiary/aromatic N) is 5. The Kier molecular flexibility index (Phi) is 8.63. The third-order valence-electron chi connectivity index (χ3n) is 9.44. The summed E-state index contributed by atoms with van der Waals surface area (Å²) in [5, 5.41) is 31.9. The second-order valence-electron chi connectivity index (χ2n) is 12.2. The highest BCUT2D eigenvalue weighted by atomic mass is 15.0. The second-order valence-corrected chi connectivity index (χ2v) is 12.2. The van der Waals surface area contributed by atoms with Crippen molar-refractivity contribution in [2.75, 3.05) is 0 Å². The maximum atomic E-state index is 9.96. The summed E-state index contributed by atoms with van der Waals surface area (Å²) in [6.07, 6.45) is 17.7. The summed E-state index contributed by atoms with van der Waals surface area (Å²) in [5.74, 6) is 0. The highest BCUT2D eigenvalue weighted by Gasteiger charge is 2.19. The molecule has 1 aliphatic rings. The van der Waals surface area contributed by atoms with E-state index in [1.807, 2.05) is 42.5 Å². The van der Waals surface area contributed by atoms with Gasteiger partial charge in [-0.1, -0.05) is 85.0 Å². The Morgan fingerprint density at radius 3 is 2.39 bits per heavy atom. The quantitative estimate of drug-likeness (QED) is 0.124. The number of aromatic nitrogens is 2. The van der Waals surface area contributed by atoms with E-state index < -0.39 is 0 Å². The van der Waals surface area contributed by atoms with Crippen molar-refractivity contribution >= 4 is 44.4 Å². The van der Waals surface area contributed by atoms with Gasteiger partial charge in [0.15, 0.2) is 0 Å². The van der Waals surface area contributed by atoms with Crippen LogP contribution in [0.2, 0.25) is 0 Å². The van der Waals surface area contributed by atoms with Crippen LogP contribution in [-0.4, -0.2) is 9.13 Å². The molecule has 234 valence electrons. The van der Waals surface area contributed by atoms with Crippen molar-refractivity contribution in [2.45, 2.75) is 32.4 Å². The SMILES string of the molecule is Cc1c(/C=C/C#N)c2ccccc2n1C/C=C(C#N)\C=C/Cc1ccccc1C1=CCC(n2c3ccccc3c3cc(C#N)ccc32)C=C1. The van der Waals surface area contributed by atoms with E-state index in [1.165, 1.54) is 28.3 Å². The molecule has 0 fully saturated rings. The smallest absolute Gasteiger partial charge is 0.0991 e. The number of para-hydroxylation sites is 2. The highest BCUT2D eigenvalue weighted by molar-refractivity contribution is 6.08. The van der Waals surface area contributed by atoms with E-state index in [-0.39, 0.29) is 6.04 Å². The second kappa shape index (κ2) is 13.6. The van der Waals surface area contributed by atoms with Gasteiger partial charge in [0.05, 0.1) is 29.8 Å². The van der Waals surface area contributed by atoms with Crippen LogP contribution in [0.1, 0.15) is 40.4 Å². The number of fused-ring (bicyclic) bond motifs is 4. The first-order valence-corrected chi connectivity index (χ1v) is 16.4. The molecule has 2 aromatic heterocycles. The maximum Gasteiger partial charge on any atom is 0.0991 e. The molecule has 2 heterocycles. The van der Waals surface area contributed by atoms with Gasteiger partial charge in [-0.05, 0) is 85.0 Å². The Morgan fingerprint density at radius 2 is 1.61 bits per heavy atom. The van der Waals surface area contributed by atoms with Crippen molar-refractivity contribution in [3.63, 3.8) is 0 Å². The minimum atomic E-state index is 0.161. The maximum absolute atomic E-state index is 9.96. The summed E-state index contributed by atoms with van der Waals surface area (Å²) in [4.78, 5) is 0. The molecule has 7 rings (SSSR count). The number of rotatable bonds is 8. The number of benzene rings is 4. The Bertz CT molecular complexity index is 2520. The molecule has 5 heteroatoms. The molecular formula is C44H33N5. The summed E-state index contributed by atoms with van der Waals surface area (Å²) in [6, 6.07) is 37.9. The lowest BCUT2D eigenvalue weighted by Crippen LogP contribution is -2.08. The number of hydrogen-bond donors (Lipinski definition) is 0. The number of hydrogen-bond acceptors (Lipinski definition) is 3. The Hall–Kier alpha value is -6.61. The molecular weight excluding hydrogens is 599 g/mol. The third kappa shape index (κ3) is 5.89. The van der Waals surface area contributed by atoms with Crippen molar-refractivity contribution in [1.29, 1.82) is 15.8 Å². The van der Waals surface area contributed by atoms with Crippen LogP contribution in [0.5, 0.6) is 0 Å². The summed E-state index contributed by atoms with van der Waals surface area (Å²) in [5.41, 5.74) is 10.3. The molecule has 1 atom stereocenters. The van der Waals surface area contributed by atoms with Crippen molar-refractivity contribution < 1.29 is 0 Å². The fraction of sp³-hybridized carbons (Fsp3) is 0.114. The lowest BCUT2D eigenvalue weighted by molar-refractivity contribution is 0.649. The van der Waals surface area contributed by atoms with E-state index in [4.69, 9.17) is 5.26 Å². The monoisotopic (exact) mass is 631 g/mol. The lowest BCUT2D eigenvalue weighted by Gasteiger charge is -2.21. The van der Waals surface area contributed by atoms with Crippen molar-refractivity contribution in [3.8, 4) is 18.2 Å². The van der Waals surface area contributed by atoms with Gasteiger partial charge < -0.3 is 9.13 Å². The molecule has 0 bridgehead atoms. The van der Waals surface area contributed by atoms with Gasteiger partial charge in [0, 0.05) is 62.2 Å². The molecule has 0 amide bonds. The molecule has 1 aliphatic carbocycles. The number of nitriles is 3. The summed E-state index contributed by atoms with van der Waals surface area (Å²) in [7, 11) is 0. The molecule has 1 unspecified atom stereocenters. The van der Waals surface area contributed by atoms with E-state index in [1.54, 1.807) is 0 Å². The van der Waals surface area contributed by atoms with Gasteiger partial charge in [-0.2, -0.15) is 15.8 Å². The molecule has 49 heavy (non-hydrogen) atoms. The third-order valence-corrected chi connectivity index (χ3v) is 9.44. The van der Waals surface area contributed by atoms with E-state index in [0.29, 0.717) is 24.1 Å². The molecule has 0 aliphatic heterocycles. The highest BCUT2D eigenvalue weighted by Crippen LogP contribution is 2.37. The molecule has 0 spiro atoms. The zero-order chi connectivity index (χ0) is 33.7. The normalized spacial score (nSPS) is 14.9. The lowest BCUT2D eigenvalue weighted by atomic mass is 9.92. The van der Waals surface area contributed by atoms with Crippen molar-refractivity contribution in [1.82, 2.24) is 9.13 Å². The van der Waals surface area contributed by atoms with Crippen molar-refractivity contribution in [3.05, 3.63) is 167 Å². The van der Waals surface area contributed by atoms with Gasteiger partial charge in [-0.25, -0.2) is 0 Å². The van der Waals surface area contributed by atoms with E-state index in [9.17, 15) is 10.5 Å². The largest absolute Gasteiger partial charge is 0.340 e. The van der Waals surface area contributed by atoms with Gasteiger partial charge in [0.2, 0.25) is 0 Å². The Labute approximate surface area is 286 Å². The van der Waals surface area contributed by atoms with E-state index in [0.717, 1.165) is 44.9 Å².